The Morgan fingerprint density at radius 1 is 1.31 bits per heavy atom. The molecule has 0 heterocycles. The molecule has 0 saturated heterocycles. The van der Waals surface area contributed by atoms with E-state index in [2.05, 4.69) is 0 Å². The van der Waals surface area contributed by atoms with Gasteiger partial charge in [0, 0.05) is 12.7 Å². The second-order valence-electron chi connectivity index (χ2n) is 3.10. The molecular formula is C10H12FNO. The summed E-state index contributed by atoms with van der Waals surface area (Å²) in [7, 11) is 1.65. The SMILES string of the molecule is Cc1cc(N(C)C=O)c(C)cc1F. The second kappa shape index (κ2) is 3.56. The molecule has 0 spiro atoms. The molecule has 0 bridgehead atoms. The second-order valence-corrected chi connectivity index (χ2v) is 3.10. The minimum atomic E-state index is -0.236. The molecular weight excluding hydrogens is 169 g/mol. The number of nitrogens with zero attached hydrogens (tertiary/aromatic N) is 1. The summed E-state index contributed by atoms with van der Waals surface area (Å²) in [6.45, 7) is 3.45. The molecule has 2 nitrogen and oxygen atoms in total. The summed E-state index contributed by atoms with van der Waals surface area (Å²) in [6, 6.07) is 3.10. The standard InChI is InChI=1S/C10H12FNO/c1-7-5-10(12(3)6-13)8(2)4-9(7)11/h4-6H,1-3H3. The van der Waals surface area contributed by atoms with Gasteiger partial charge in [-0.05, 0) is 37.1 Å². The molecule has 0 aliphatic carbocycles. The monoisotopic (exact) mass is 181 g/mol. The van der Waals surface area contributed by atoms with Crippen LogP contribution in [0.25, 0.3) is 0 Å². The number of amides is 1. The third kappa shape index (κ3) is 1.86. The van der Waals surface area contributed by atoms with Gasteiger partial charge in [0.05, 0.1) is 0 Å². The van der Waals surface area contributed by atoms with E-state index >= 15 is 0 Å². The Bertz CT molecular complexity index is 336. The van der Waals surface area contributed by atoms with Gasteiger partial charge in [-0.2, -0.15) is 0 Å². The molecule has 0 aliphatic heterocycles. The lowest BCUT2D eigenvalue weighted by Crippen LogP contribution is -2.15. The number of benzene rings is 1. The van der Waals surface area contributed by atoms with Gasteiger partial charge in [-0.15, -0.1) is 0 Å². The van der Waals surface area contributed by atoms with Crippen molar-refractivity contribution in [3.63, 3.8) is 0 Å². The number of aryl methyl sites for hydroxylation is 2. The number of carbonyl (C=O) groups excluding carboxylic acids is 1. The lowest BCUT2D eigenvalue weighted by atomic mass is 10.1. The van der Waals surface area contributed by atoms with Gasteiger partial charge in [-0.25, -0.2) is 4.39 Å². The van der Waals surface area contributed by atoms with E-state index in [0.717, 1.165) is 11.3 Å². The summed E-state index contributed by atoms with van der Waals surface area (Å²) in [6.07, 6.45) is 0.708. The molecule has 0 saturated carbocycles. The van der Waals surface area contributed by atoms with Crippen LogP contribution in [0.15, 0.2) is 12.1 Å². The minimum absolute atomic E-state index is 0.236. The van der Waals surface area contributed by atoms with Crippen LogP contribution in [0, 0.1) is 19.7 Å². The normalized spacial score (nSPS) is 9.85. The number of anilines is 1. The van der Waals surface area contributed by atoms with Crippen molar-refractivity contribution >= 4 is 12.1 Å². The molecule has 1 aromatic carbocycles. The van der Waals surface area contributed by atoms with Gasteiger partial charge in [-0.3, -0.25) is 4.79 Å². The van der Waals surface area contributed by atoms with Gasteiger partial charge >= 0.3 is 0 Å². The molecule has 1 aromatic rings. The Morgan fingerprint density at radius 3 is 2.46 bits per heavy atom. The van der Waals surface area contributed by atoms with Gasteiger partial charge in [0.2, 0.25) is 6.41 Å². The van der Waals surface area contributed by atoms with Crippen molar-refractivity contribution in [1.82, 2.24) is 0 Å². The van der Waals surface area contributed by atoms with E-state index in [0.29, 0.717) is 12.0 Å². The summed E-state index contributed by atoms with van der Waals surface area (Å²) < 4.78 is 13.0. The maximum Gasteiger partial charge on any atom is 0.213 e. The number of hydrogen-bond donors (Lipinski definition) is 0. The Morgan fingerprint density at radius 2 is 1.92 bits per heavy atom. The highest BCUT2D eigenvalue weighted by Crippen LogP contribution is 2.21. The van der Waals surface area contributed by atoms with Crippen LogP contribution < -0.4 is 4.90 Å². The fraction of sp³-hybridized carbons (Fsp3) is 0.300. The summed E-state index contributed by atoms with van der Waals surface area (Å²) in [5.41, 5.74) is 2.06. The maximum atomic E-state index is 13.0. The van der Waals surface area contributed by atoms with Crippen molar-refractivity contribution < 1.29 is 9.18 Å². The molecule has 3 heteroatoms. The number of halogens is 1. The van der Waals surface area contributed by atoms with Gasteiger partial charge in [0.1, 0.15) is 5.82 Å². The fourth-order valence-corrected chi connectivity index (χ4v) is 1.20. The summed E-state index contributed by atoms with van der Waals surface area (Å²) in [4.78, 5) is 11.9. The highest BCUT2D eigenvalue weighted by molar-refractivity contribution is 5.76. The summed E-state index contributed by atoms with van der Waals surface area (Å²) in [5.74, 6) is -0.236. The van der Waals surface area contributed by atoms with E-state index in [-0.39, 0.29) is 5.82 Å². The average Bonchev–Trinajstić information content (AvgIpc) is 2.10. The highest BCUT2D eigenvalue weighted by Gasteiger charge is 2.06. The number of carbonyl (C=O) groups is 1. The zero-order chi connectivity index (χ0) is 10.0. The largest absolute Gasteiger partial charge is 0.318 e. The molecule has 0 atom stereocenters. The van der Waals surface area contributed by atoms with Crippen molar-refractivity contribution in [3.8, 4) is 0 Å². The smallest absolute Gasteiger partial charge is 0.213 e. The first-order chi connectivity index (χ1) is 6.06. The van der Waals surface area contributed by atoms with Crippen molar-refractivity contribution in [2.24, 2.45) is 0 Å². The Labute approximate surface area is 77.0 Å². The van der Waals surface area contributed by atoms with Crippen LogP contribution in [0.5, 0.6) is 0 Å². The van der Waals surface area contributed by atoms with Crippen LogP contribution in [-0.2, 0) is 4.79 Å². The van der Waals surface area contributed by atoms with E-state index in [1.165, 1.54) is 11.0 Å². The first-order valence-corrected chi connectivity index (χ1v) is 4.01. The predicted molar refractivity (Wildman–Crippen MR) is 50.3 cm³/mol. The Balaban J connectivity index is 3.22. The third-order valence-electron chi connectivity index (χ3n) is 2.02. The van der Waals surface area contributed by atoms with Crippen LogP contribution >= 0.6 is 0 Å². The van der Waals surface area contributed by atoms with Gasteiger partial charge in [0.15, 0.2) is 0 Å². The third-order valence-corrected chi connectivity index (χ3v) is 2.02. The predicted octanol–water partition coefficient (Wildman–Crippen LogP) is 2.04. The molecule has 0 N–H and O–H groups in total. The first-order valence-electron chi connectivity index (χ1n) is 4.01. The molecule has 0 aromatic heterocycles. The van der Waals surface area contributed by atoms with Crippen LogP contribution in [0.4, 0.5) is 10.1 Å². The minimum Gasteiger partial charge on any atom is -0.318 e. The number of rotatable bonds is 2. The average molecular weight is 181 g/mol. The van der Waals surface area contributed by atoms with Crippen molar-refractivity contribution in [2.75, 3.05) is 11.9 Å². The number of hydrogen-bond acceptors (Lipinski definition) is 1. The molecule has 1 amide bonds. The summed E-state index contributed by atoms with van der Waals surface area (Å²) in [5, 5.41) is 0. The molecule has 13 heavy (non-hydrogen) atoms. The van der Waals surface area contributed by atoms with Crippen LogP contribution in [-0.4, -0.2) is 13.5 Å². The molecule has 0 aliphatic rings. The van der Waals surface area contributed by atoms with E-state index < -0.39 is 0 Å². The van der Waals surface area contributed by atoms with Crippen LogP contribution in [0.2, 0.25) is 0 Å². The van der Waals surface area contributed by atoms with Crippen molar-refractivity contribution in [2.45, 2.75) is 13.8 Å². The Kier molecular flexibility index (Phi) is 2.66. The zero-order valence-corrected chi connectivity index (χ0v) is 7.97. The van der Waals surface area contributed by atoms with E-state index in [9.17, 15) is 9.18 Å². The first kappa shape index (κ1) is 9.71. The zero-order valence-electron chi connectivity index (χ0n) is 7.97. The Hall–Kier alpha value is -1.38. The summed E-state index contributed by atoms with van der Waals surface area (Å²) >= 11 is 0. The topological polar surface area (TPSA) is 20.3 Å². The van der Waals surface area contributed by atoms with Crippen LogP contribution in [0.3, 0.4) is 0 Å². The van der Waals surface area contributed by atoms with Crippen LogP contribution in [0.1, 0.15) is 11.1 Å². The molecule has 0 unspecified atom stereocenters. The van der Waals surface area contributed by atoms with E-state index in [1.54, 1.807) is 27.0 Å². The molecule has 0 radical (unpaired) electrons. The van der Waals surface area contributed by atoms with Crippen molar-refractivity contribution in [3.05, 3.63) is 29.1 Å². The van der Waals surface area contributed by atoms with Gasteiger partial charge in [0.25, 0.3) is 0 Å². The quantitative estimate of drug-likeness (QED) is 0.639. The van der Waals surface area contributed by atoms with Gasteiger partial charge in [-0.1, -0.05) is 0 Å². The highest BCUT2D eigenvalue weighted by atomic mass is 19.1. The van der Waals surface area contributed by atoms with E-state index in [1.807, 2.05) is 0 Å². The molecule has 0 fully saturated rings. The molecule has 1 rings (SSSR count). The van der Waals surface area contributed by atoms with Gasteiger partial charge < -0.3 is 4.90 Å². The lowest BCUT2D eigenvalue weighted by molar-refractivity contribution is -0.107. The maximum absolute atomic E-state index is 13.0. The fourth-order valence-electron chi connectivity index (χ4n) is 1.20. The molecule has 70 valence electrons. The van der Waals surface area contributed by atoms with E-state index in [4.69, 9.17) is 0 Å². The lowest BCUT2D eigenvalue weighted by Gasteiger charge is -2.14. The van der Waals surface area contributed by atoms with Crippen molar-refractivity contribution in [1.29, 1.82) is 0 Å².